The zero-order valence-electron chi connectivity index (χ0n) is 20.1. The molecule has 0 bridgehead atoms. The second-order valence-electron chi connectivity index (χ2n) is 8.85. The minimum absolute atomic E-state index is 0.122. The fourth-order valence-corrected chi connectivity index (χ4v) is 3.66. The van der Waals surface area contributed by atoms with Gasteiger partial charge in [0, 0.05) is 6.54 Å². The number of ether oxygens (including phenoxy) is 1. The van der Waals surface area contributed by atoms with Crippen molar-refractivity contribution in [2.24, 2.45) is 0 Å². The minimum atomic E-state index is -1.07. The smallest absolute Gasteiger partial charge is 0.408 e. The third-order valence-electron chi connectivity index (χ3n) is 4.96. The van der Waals surface area contributed by atoms with Gasteiger partial charge in [0.25, 0.3) is 5.91 Å². The Balaban J connectivity index is 2.38. The van der Waals surface area contributed by atoms with Gasteiger partial charge in [-0.1, -0.05) is 48.0 Å². The van der Waals surface area contributed by atoms with Crippen molar-refractivity contribution in [3.8, 4) is 0 Å². The van der Waals surface area contributed by atoms with Crippen LogP contribution >= 0.6 is 11.6 Å². The van der Waals surface area contributed by atoms with E-state index in [4.69, 9.17) is 16.3 Å². The molecule has 9 heteroatoms. The molecule has 0 aliphatic carbocycles. The zero-order valence-corrected chi connectivity index (χ0v) is 20.9. The van der Waals surface area contributed by atoms with Crippen LogP contribution in [0.1, 0.15) is 43.5 Å². The molecule has 0 aromatic heterocycles. The van der Waals surface area contributed by atoms with Crippen molar-refractivity contribution >= 4 is 35.2 Å². The number of aryl methyl sites for hydroxylation is 2. The number of aliphatic hydroxyl groups excluding tert-OH is 1. The monoisotopic (exact) mass is 489 g/mol. The fraction of sp³-hybridized carbons (Fsp3) is 0.400. The minimum Gasteiger partial charge on any atom is -0.444 e. The van der Waals surface area contributed by atoms with Crippen molar-refractivity contribution < 1.29 is 24.2 Å². The number of carbonyl (C=O) groups excluding carboxylic acids is 3. The lowest BCUT2D eigenvalue weighted by molar-refractivity contribution is -0.138. The number of anilines is 1. The van der Waals surface area contributed by atoms with Gasteiger partial charge in [0.2, 0.25) is 5.91 Å². The van der Waals surface area contributed by atoms with Crippen LogP contribution in [-0.4, -0.2) is 53.2 Å². The standard InChI is InChI=1S/C25H32ClN3O5/c1-16-9-6-7-11-18(16)22(23(32)28-21-17(2)10-8-12-19(21)26)29(13-14-30)20(31)15-27-24(33)34-25(3,4)5/h6-12,22,30H,13-15H2,1-5H3,(H,27,33)(H,28,32). The molecule has 3 N–H and O–H groups in total. The summed E-state index contributed by atoms with van der Waals surface area (Å²) in [5.74, 6) is -1.05. The maximum atomic E-state index is 13.6. The summed E-state index contributed by atoms with van der Waals surface area (Å²) in [4.78, 5) is 40.0. The van der Waals surface area contributed by atoms with Gasteiger partial charge >= 0.3 is 6.09 Å². The van der Waals surface area contributed by atoms with Crippen LogP contribution in [0.5, 0.6) is 0 Å². The molecule has 8 nitrogen and oxygen atoms in total. The van der Waals surface area contributed by atoms with E-state index >= 15 is 0 Å². The van der Waals surface area contributed by atoms with Crippen molar-refractivity contribution in [2.45, 2.75) is 46.3 Å². The van der Waals surface area contributed by atoms with Gasteiger partial charge in [-0.3, -0.25) is 9.59 Å². The van der Waals surface area contributed by atoms with Gasteiger partial charge < -0.3 is 25.4 Å². The van der Waals surface area contributed by atoms with Gasteiger partial charge in [0.1, 0.15) is 18.2 Å². The number of hydrogen-bond donors (Lipinski definition) is 3. The number of nitrogens with zero attached hydrogens (tertiary/aromatic N) is 1. The summed E-state index contributed by atoms with van der Waals surface area (Å²) < 4.78 is 5.18. The molecular formula is C25H32ClN3O5. The number of aliphatic hydroxyl groups is 1. The maximum Gasteiger partial charge on any atom is 0.408 e. The molecule has 34 heavy (non-hydrogen) atoms. The molecule has 0 saturated carbocycles. The van der Waals surface area contributed by atoms with Crippen molar-refractivity contribution in [1.82, 2.24) is 10.2 Å². The van der Waals surface area contributed by atoms with E-state index in [1.165, 1.54) is 4.90 Å². The van der Waals surface area contributed by atoms with Gasteiger partial charge in [-0.15, -0.1) is 0 Å². The first-order chi connectivity index (χ1) is 15.9. The molecule has 0 heterocycles. The van der Waals surface area contributed by atoms with Crippen molar-refractivity contribution in [1.29, 1.82) is 0 Å². The average molecular weight is 490 g/mol. The molecule has 1 unspecified atom stereocenters. The van der Waals surface area contributed by atoms with E-state index < -0.39 is 36.1 Å². The third kappa shape index (κ3) is 7.46. The van der Waals surface area contributed by atoms with Gasteiger partial charge in [-0.25, -0.2) is 4.79 Å². The first-order valence-corrected chi connectivity index (χ1v) is 11.3. The SMILES string of the molecule is Cc1ccccc1C(C(=O)Nc1c(C)cccc1Cl)N(CCO)C(=O)CNC(=O)OC(C)(C)C. The average Bonchev–Trinajstić information content (AvgIpc) is 2.74. The van der Waals surface area contributed by atoms with Gasteiger partial charge in [0.15, 0.2) is 0 Å². The topological polar surface area (TPSA) is 108 Å². The highest BCUT2D eigenvalue weighted by Crippen LogP contribution is 2.30. The Morgan fingerprint density at radius 3 is 2.29 bits per heavy atom. The lowest BCUT2D eigenvalue weighted by Crippen LogP contribution is -2.47. The molecule has 0 radical (unpaired) electrons. The highest BCUT2D eigenvalue weighted by molar-refractivity contribution is 6.34. The molecule has 1 atom stereocenters. The highest BCUT2D eigenvalue weighted by atomic mass is 35.5. The predicted octanol–water partition coefficient (Wildman–Crippen LogP) is 3.98. The lowest BCUT2D eigenvalue weighted by Gasteiger charge is -2.32. The van der Waals surface area contributed by atoms with Crippen LogP contribution < -0.4 is 10.6 Å². The number of rotatable bonds is 8. The van der Waals surface area contributed by atoms with E-state index in [9.17, 15) is 19.5 Å². The Kier molecular flexibility index (Phi) is 9.46. The Morgan fingerprint density at radius 1 is 1.06 bits per heavy atom. The Hall–Kier alpha value is -3.10. The summed E-state index contributed by atoms with van der Waals surface area (Å²) in [7, 11) is 0. The first kappa shape index (κ1) is 27.1. The number of halogens is 1. The fourth-order valence-electron chi connectivity index (χ4n) is 3.40. The van der Waals surface area contributed by atoms with Crippen LogP contribution in [0.4, 0.5) is 10.5 Å². The molecule has 0 spiro atoms. The molecule has 2 rings (SSSR count). The van der Waals surface area contributed by atoms with Crippen LogP contribution in [0, 0.1) is 13.8 Å². The summed E-state index contributed by atoms with van der Waals surface area (Å²) in [6.07, 6.45) is -0.756. The molecule has 184 valence electrons. The first-order valence-electron chi connectivity index (χ1n) is 10.9. The number of nitrogens with one attached hydrogen (secondary N) is 2. The van der Waals surface area contributed by atoms with Gasteiger partial charge in [-0.05, 0) is 57.4 Å². The second kappa shape index (κ2) is 11.9. The number of amides is 3. The van der Waals surface area contributed by atoms with Gasteiger partial charge in [-0.2, -0.15) is 0 Å². The van der Waals surface area contributed by atoms with E-state index in [0.29, 0.717) is 16.3 Å². The molecule has 3 amide bonds. The summed E-state index contributed by atoms with van der Waals surface area (Å²) >= 11 is 6.30. The number of alkyl carbamates (subject to hydrolysis) is 1. The summed E-state index contributed by atoms with van der Waals surface area (Å²) in [5, 5.41) is 15.3. The Labute approximate surface area is 205 Å². The van der Waals surface area contributed by atoms with E-state index in [-0.39, 0.29) is 13.2 Å². The van der Waals surface area contributed by atoms with Gasteiger partial charge in [0.05, 0.1) is 17.3 Å². The summed E-state index contributed by atoms with van der Waals surface area (Å²) in [6.45, 7) is 7.87. The predicted molar refractivity (Wildman–Crippen MR) is 132 cm³/mol. The highest BCUT2D eigenvalue weighted by Gasteiger charge is 2.33. The van der Waals surface area contributed by atoms with Crippen molar-refractivity contribution in [3.05, 3.63) is 64.2 Å². The lowest BCUT2D eigenvalue weighted by atomic mass is 9.98. The molecule has 0 fully saturated rings. The van der Waals surface area contributed by atoms with Crippen molar-refractivity contribution in [3.63, 3.8) is 0 Å². The molecule has 0 aliphatic rings. The molecule has 2 aromatic rings. The molecular weight excluding hydrogens is 458 g/mol. The Morgan fingerprint density at radius 2 is 1.71 bits per heavy atom. The molecule has 0 aliphatic heterocycles. The maximum absolute atomic E-state index is 13.6. The van der Waals surface area contributed by atoms with Crippen LogP contribution in [0.3, 0.4) is 0 Å². The third-order valence-corrected chi connectivity index (χ3v) is 5.27. The second-order valence-corrected chi connectivity index (χ2v) is 9.25. The summed E-state index contributed by atoms with van der Waals surface area (Å²) in [5.41, 5.74) is 1.85. The molecule has 2 aromatic carbocycles. The van der Waals surface area contributed by atoms with Crippen LogP contribution in [0.2, 0.25) is 5.02 Å². The van der Waals surface area contributed by atoms with Crippen molar-refractivity contribution in [2.75, 3.05) is 25.0 Å². The van der Waals surface area contributed by atoms with E-state index in [1.807, 2.05) is 32.0 Å². The Bertz CT molecular complexity index is 1020. The van der Waals surface area contributed by atoms with Crippen LogP contribution in [-0.2, 0) is 14.3 Å². The number of hydrogen-bond acceptors (Lipinski definition) is 5. The van der Waals surface area contributed by atoms with Crippen LogP contribution in [0.25, 0.3) is 0 Å². The van der Waals surface area contributed by atoms with Crippen LogP contribution in [0.15, 0.2) is 42.5 Å². The largest absolute Gasteiger partial charge is 0.444 e. The van der Waals surface area contributed by atoms with E-state index in [2.05, 4.69) is 10.6 Å². The number of carbonyl (C=O) groups is 3. The van der Waals surface area contributed by atoms with E-state index in [1.54, 1.807) is 45.0 Å². The summed E-state index contributed by atoms with van der Waals surface area (Å²) in [6, 6.07) is 11.3. The zero-order chi connectivity index (χ0) is 25.5. The number of para-hydroxylation sites is 1. The molecule has 0 saturated heterocycles. The van der Waals surface area contributed by atoms with E-state index in [0.717, 1.165) is 11.1 Å². The number of benzene rings is 2. The normalized spacial score (nSPS) is 12.0. The quantitative estimate of drug-likeness (QED) is 0.519.